The molecule has 4 heteroatoms. The Morgan fingerprint density at radius 2 is 2.07 bits per heavy atom. The van der Waals surface area contributed by atoms with Gasteiger partial charge in [0.25, 0.3) is 5.91 Å². The van der Waals surface area contributed by atoms with E-state index in [1.165, 1.54) is 4.90 Å². The van der Waals surface area contributed by atoms with Crippen LogP contribution in [-0.4, -0.2) is 18.2 Å². The lowest BCUT2D eigenvalue weighted by atomic mass is 10.2. The standard InChI is InChI=1S/C11H10ClNO2/c1-7-6-8(12)2-3-9(7)13-5-4-10(14)11(13)15/h2-3,6H,4-5H2,1H3. The molecule has 1 aromatic rings. The van der Waals surface area contributed by atoms with Crippen molar-refractivity contribution in [1.29, 1.82) is 0 Å². The van der Waals surface area contributed by atoms with Gasteiger partial charge in [-0.2, -0.15) is 0 Å². The van der Waals surface area contributed by atoms with Gasteiger partial charge in [0.1, 0.15) is 0 Å². The van der Waals surface area contributed by atoms with E-state index in [1.54, 1.807) is 18.2 Å². The van der Waals surface area contributed by atoms with Gasteiger partial charge in [-0.05, 0) is 30.7 Å². The molecule has 1 aliphatic heterocycles. The molecule has 0 aromatic heterocycles. The summed E-state index contributed by atoms with van der Waals surface area (Å²) in [6.07, 6.45) is 0.306. The van der Waals surface area contributed by atoms with Gasteiger partial charge in [0, 0.05) is 23.7 Å². The Bertz CT molecular complexity index is 442. The highest BCUT2D eigenvalue weighted by Gasteiger charge is 2.30. The topological polar surface area (TPSA) is 37.4 Å². The fraction of sp³-hybridized carbons (Fsp3) is 0.273. The smallest absolute Gasteiger partial charge is 0.294 e. The lowest BCUT2D eigenvalue weighted by Gasteiger charge is -2.17. The Labute approximate surface area is 92.6 Å². The van der Waals surface area contributed by atoms with Gasteiger partial charge in [0.2, 0.25) is 5.78 Å². The minimum Gasteiger partial charge on any atom is -0.305 e. The lowest BCUT2D eigenvalue weighted by molar-refractivity contribution is -0.133. The highest BCUT2D eigenvalue weighted by atomic mass is 35.5. The van der Waals surface area contributed by atoms with Gasteiger partial charge in [0.15, 0.2) is 0 Å². The van der Waals surface area contributed by atoms with Crippen molar-refractivity contribution >= 4 is 29.0 Å². The predicted molar refractivity (Wildman–Crippen MR) is 58.2 cm³/mol. The molecular weight excluding hydrogens is 214 g/mol. The first kappa shape index (κ1) is 10.2. The number of benzene rings is 1. The summed E-state index contributed by atoms with van der Waals surface area (Å²) in [4.78, 5) is 24.1. The third kappa shape index (κ3) is 1.75. The van der Waals surface area contributed by atoms with Gasteiger partial charge < -0.3 is 4.90 Å². The predicted octanol–water partition coefficient (Wildman–Crippen LogP) is 1.95. The summed E-state index contributed by atoms with van der Waals surface area (Å²) in [7, 11) is 0. The number of nitrogens with zero attached hydrogens (tertiary/aromatic N) is 1. The molecule has 0 spiro atoms. The molecule has 3 nitrogen and oxygen atoms in total. The maximum absolute atomic E-state index is 11.5. The van der Waals surface area contributed by atoms with E-state index in [4.69, 9.17) is 11.6 Å². The van der Waals surface area contributed by atoms with Crippen molar-refractivity contribution in [3.05, 3.63) is 28.8 Å². The van der Waals surface area contributed by atoms with Gasteiger partial charge >= 0.3 is 0 Å². The monoisotopic (exact) mass is 223 g/mol. The van der Waals surface area contributed by atoms with Crippen LogP contribution in [0.1, 0.15) is 12.0 Å². The molecule has 0 unspecified atom stereocenters. The molecule has 0 radical (unpaired) electrons. The molecule has 1 aromatic carbocycles. The van der Waals surface area contributed by atoms with Crippen LogP contribution in [0.25, 0.3) is 0 Å². The SMILES string of the molecule is Cc1cc(Cl)ccc1N1CCC(=O)C1=O. The Morgan fingerprint density at radius 1 is 1.33 bits per heavy atom. The second kappa shape index (κ2) is 3.66. The molecule has 0 N–H and O–H groups in total. The molecule has 78 valence electrons. The van der Waals surface area contributed by atoms with Crippen LogP contribution in [0.3, 0.4) is 0 Å². The molecule has 2 rings (SSSR count). The van der Waals surface area contributed by atoms with E-state index in [9.17, 15) is 9.59 Å². The van der Waals surface area contributed by atoms with Gasteiger partial charge in [-0.3, -0.25) is 9.59 Å². The van der Waals surface area contributed by atoms with Crippen LogP contribution in [0.5, 0.6) is 0 Å². The molecule has 15 heavy (non-hydrogen) atoms. The maximum atomic E-state index is 11.5. The number of rotatable bonds is 1. The van der Waals surface area contributed by atoms with Crippen LogP contribution in [0, 0.1) is 6.92 Å². The number of amides is 1. The van der Waals surface area contributed by atoms with Gasteiger partial charge in [-0.1, -0.05) is 11.6 Å². The van der Waals surface area contributed by atoms with Crippen LogP contribution in [0.4, 0.5) is 5.69 Å². The lowest BCUT2D eigenvalue weighted by Crippen LogP contribution is -2.27. The van der Waals surface area contributed by atoms with Crippen molar-refractivity contribution < 1.29 is 9.59 Å². The largest absolute Gasteiger partial charge is 0.305 e. The van der Waals surface area contributed by atoms with Gasteiger partial charge in [-0.25, -0.2) is 0 Å². The quantitative estimate of drug-likeness (QED) is 0.683. The molecular formula is C11H10ClNO2. The van der Waals surface area contributed by atoms with Crippen molar-refractivity contribution in [3.63, 3.8) is 0 Å². The van der Waals surface area contributed by atoms with Crippen molar-refractivity contribution in [3.8, 4) is 0 Å². The number of halogens is 1. The molecule has 1 aliphatic rings. The third-order valence-corrected chi connectivity index (χ3v) is 2.73. The highest BCUT2D eigenvalue weighted by molar-refractivity contribution is 6.43. The summed E-state index contributed by atoms with van der Waals surface area (Å²) in [5.74, 6) is -0.732. The zero-order chi connectivity index (χ0) is 11.0. The van der Waals surface area contributed by atoms with Crippen molar-refractivity contribution in [2.24, 2.45) is 0 Å². The van der Waals surface area contributed by atoms with Crippen molar-refractivity contribution in [2.75, 3.05) is 11.4 Å². The van der Waals surface area contributed by atoms with E-state index in [2.05, 4.69) is 0 Å². The molecule has 0 aliphatic carbocycles. The number of hydrogen-bond donors (Lipinski definition) is 0. The number of ketones is 1. The number of carbonyl (C=O) groups is 2. The first-order chi connectivity index (χ1) is 7.09. The minimum atomic E-state index is -0.416. The third-order valence-electron chi connectivity index (χ3n) is 2.50. The van der Waals surface area contributed by atoms with E-state index < -0.39 is 5.91 Å². The summed E-state index contributed by atoms with van der Waals surface area (Å²) >= 11 is 5.82. The van der Waals surface area contributed by atoms with Crippen LogP contribution in [0.2, 0.25) is 5.02 Å². The number of Topliss-reactive ketones (excluding diaryl/α,β-unsaturated/α-hetero) is 1. The van der Waals surface area contributed by atoms with Gasteiger partial charge in [0.05, 0.1) is 0 Å². The minimum absolute atomic E-state index is 0.306. The molecule has 1 fully saturated rings. The summed E-state index contributed by atoms with van der Waals surface area (Å²) in [6, 6.07) is 5.28. The zero-order valence-electron chi connectivity index (χ0n) is 8.29. The summed E-state index contributed by atoms with van der Waals surface area (Å²) in [5.41, 5.74) is 1.68. The fourth-order valence-electron chi connectivity index (χ4n) is 1.72. The van der Waals surface area contributed by atoms with Crippen molar-refractivity contribution in [1.82, 2.24) is 0 Å². The average Bonchev–Trinajstić information content (AvgIpc) is 2.49. The molecule has 1 saturated heterocycles. The Kier molecular flexibility index (Phi) is 2.49. The van der Waals surface area contributed by atoms with Crippen LogP contribution < -0.4 is 4.90 Å². The maximum Gasteiger partial charge on any atom is 0.294 e. The molecule has 1 amide bonds. The Hall–Kier alpha value is -1.35. The fourth-order valence-corrected chi connectivity index (χ4v) is 1.95. The average molecular weight is 224 g/mol. The first-order valence-electron chi connectivity index (χ1n) is 4.70. The first-order valence-corrected chi connectivity index (χ1v) is 5.08. The summed E-state index contributed by atoms with van der Waals surface area (Å²) in [6.45, 7) is 2.34. The van der Waals surface area contributed by atoms with E-state index >= 15 is 0 Å². The van der Waals surface area contributed by atoms with Crippen LogP contribution in [0.15, 0.2) is 18.2 Å². The van der Waals surface area contributed by atoms with Crippen LogP contribution in [-0.2, 0) is 9.59 Å². The van der Waals surface area contributed by atoms with E-state index in [1.807, 2.05) is 6.92 Å². The Balaban J connectivity index is 2.38. The summed E-state index contributed by atoms with van der Waals surface area (Å²) in [5, 5.41) is 0.634. The molecule has 1 heterocycles. The van der Waals surface area contributed by atoms with Crippen molar-refractivity contribution in [2.45, 2.75) is 13.3 Å². The second-order valence-electron chi connectivity index (χ2n) is 3.56. The number of anilines is 1. The number of carbonyl (C=O) groups excluding carboxylic acids is 2. The summed E-state index contributed by atoms with van der Waals surface area (Å²) < 4.78 is 0. The van der Waals surface area contributed by atoms with Gasteiger partial charge in [-0.15, -0.1) is 0 Å². The zero-order valence-corrected chi connectivity index (χ0v) is 9.04. The molecule has 0 saturated carbocycles. The normalized spacial score (nSPS) is 16.3. The number of hydrogen-bond acceptors (Lipinski definition) is 2. The Morgan fingerprint density at radius 3 is 2.60 bits per heavy atom. The molecule has 0 bridgehead atoms. The molecule has 0 atom stereocenters. The highest BCUT2D eigenvalue weighted by Crippen LogP contribution is 2.26. The van der Waals surface area contributed by atoms with E-state index in [0.717, 1.165) is 11.3 Å². The van der Waals surface area contributed by atoms with Crippen LogP contribution >= 0.6 is 11.6 Å². The number of aryl methyl sites for hydroxylation is 1. The second-order valence-corrected chi connectivity index (χ2v) is 4.00. The van der Waals surface area contributed by atoms with E-state index in [-0.39, 0.29) is 5.78 Å². The van der Waals surface area contributed by atoms with E-state index in [0.29, 0.717) is 18.0 Å².